The van der Waals surface area contributed by atoms with Crippen LogP contribution in [0.5, 0.6) is 5.75 Å². The summed E-state index contributed by atoms with van der Waals surface area (Å²) in [6.45, 7) is 3.42. The molecule has 1 aromatic heterocycles. The van der Waals surface area contributed by atoms with Crippen LogP contribution in [0.2, 0.25) is 0 Å². The lowest BCUT2D eigenvalue weighted by atomic mass is 10.0. The van der Waals surface area contributed by atoms with Crippen LogP contribution in [0, 0.1) is 6.92 Å². The Morgan fingerprint density at radius 3 is 2.68 bits per heavy atom. The highest BCUT2D eigenvalue weighted by atomic mass is 16.5. The van der Waals surface area contributed by atoms with Crippen molar-refractivity contribution in [3.8, 4) is 5.75 Å². The fourth-order valence-corrected chi connectivity index (χ4v) is 2.93. The van der Waals surface area contributed by atoms with Gasteiger partial charge in [-0.1, -0.05) is 12.8 Å². The van der Waals surface area contributed by atoms with Gasteiger partial charge in [0.25, 0.3) is 0 Å². The molecule has 0 bridgehead atoms. The summed E-state index contributed by atoms with van der Waals surface area (Å²) in [5.74, 6) is 0.843. The number of aromatic nitrogens is 1. The van der Waals surface area contributed by atoms with E-state index < -0.39 is 5.60 Å². The Hall–Kier alpha value is -1.13. The highest BCUT2D eigenvalue weighted by molar-refractivity contribution is 5.26. The number of ether oxygens (including phenoxy) is 1. The first-order valence-corrected chi connectivity index (χ1v) is 6.93. The molecule has 0 aromatic carbocycles. The van der Waals surface area contributed by atoms with E-state index in [4.69, 9.17) is 4.74 Å². The van der Waals surface area contributed by atoms with E-state index in [1.807, 2.05) is 26.1 Å². The molecule has 1 fully saturated rings. The fraction of sp³-hybridized carbons (Fsp3) is 0.667. The second-order valence-corrected chi connectivity index (χ2v) is 5.74. The number of likely N-dealkylation sites (N-methyl/N-ethyl adjacent to an activating group) is 1. The van der Waals surface area contributed by atoms with Gasteiger partial charge >= 0.3 is 0 Å². The Kier molecular flexibility index (Phi) is 4.42. The Balaban J connectivity index is 1.98. The van der Waals surface area contributed by atoms with E-state index in [1.165, 1.54) is 0 Å². The molecule has 0 radical (unpaired) electrons. The highest BCUT2D eigenvalue weighted by Gasteiger charge is 2.32. The molecular formula is C15H24N2O2. The molecule has 0 saturated heterocycles. The number of nitrogens with zero attached hydrogens (tertiary/aromatic N) is 2. The van der Waals surface area contributed by atoms with Gasteiger partial charge in [-0.15, -0.1) is 0 Å². The van der Waals surface area contributed by atoms with Crippen LogP contribution < -0.4 is 4.74 Å². The zero-order chi connectivity index (χ0) is 13.9. The minimum Gasteiger partial charge on any atom is -0.497 e. The molecule has 1 saturated carbocycles. The first-order chi connectivity index (χ1) is 9.00. The first-order valence-electron chi connectivity index (χ1n) is 6.93. The van der Waals surface area contributed by atoms with Gasteiger partial charge in [0.05, 0.1) is 18.4 Å². The van der Waals surface area contributed by atoms with Gasteiger partial charge in [-0.25, -0.2) is 0 Å². The fourth-order valence-electron chi connectivity index (χ4n) is 2.93. The van der Waals surface area contributed by atoms with Crippen molar-refractivity contribution in [3.05, 3.63) is 23.5 Å². The lowest BCUT2D eigenvalue weighted by Gasteiger charge is -2.28. The molecular weight excluding hydrogens is 240 g/mol. The predicted octanol–water partition coefficient (Wildman–Crippen LogP) is 2.14. The Bertz CT molecular complexity index is 428. The van der Waals surface area contributed by atoms with Crippen molar-refractivity contribution >= 4 is 0 Å². The van der Waals surface area contributed by atoms with Gasteiger partial charge in [0.2, 0.25) is 0 Å². The monoisotopic (exact) mass is 264 g/mol. The third-order valence-electron chi connectivity index (χ3n) is 3.75. The Morgan fingerprint density at radius 1 is 1.37 bits per heavy atom. The van der Waals surface area contributed by atoms with E-state index in [1.54, 1.807) is 7.11 Å². The van der Waals surface area contributed by atoms with Gasteiger partial charge < -0.3 is 9.84 Å². The van der Waals surface area contributed by atoms with Crippen LogP contribution in [0.4, 0.5) is 0 Å². The Morgan fingerprint density at radius 2 is 2.05 bits per heavy atom. The normalized spacial score (nSPS) is 17.9. The lowest BCUT2D eigenvalue weighted by molar-refractivity contribution is 0.0142. The van der Waals surface area contributed by atoms with Crippen LogP contribution in [0.3, 0.4) is 0 Å². The molecule has 0 atom stereocenters. The summed E-state index contributed by atoms with van der Waals surface area (Å²) in [4.78, 5) is 6.66. The summed E-state index contributed by atoms with van der Waals surface area (Å²) < 4.78 is 5.26. The van der Waals surface area contributed by atoms with Gasteiger partial charge in [-0.05, 0) is 26.8 Å². The molecule has 1 N–H and O–H groups in total. The van der Waals surface area contributed by atoms with Crippen molar-refractivity contribution in [2.75, 3.05) is 20.7 Å². The van der Waals surface area contributed by atoms with Gasteiger partial charge in [-0.3, -0.25) is 9.88 Å². The van der Waals surface area contributed by atoms with Gasteiger partial charge in [0, 0.05) is 30.9 Å². The topological polar surface area (TPSA) is 45.6 Å². The summed E-state index contributed by atoms with van der Waals surface area (Å²) in [6, 6.07) is 3.89. The van der Waals surface area contributed by atoms with Gasteiger partial charge in [-0.2, -0.15) is 0 Å². The number of rotatable bonds is 5. The molecule has 106 valence electrons. The maximum atomic E-state index is 10.4. The van der Waals surface area contributed by atoms with Crippen LogP contribution in [0.15, 0.2) is 12.1 Å². The minimum atomic E-state index is -0.497. The third-order valence-corrected chi connectivity index (χ3v) is 3.75. The van der Waals surface area contributed by atoms with E-state index in [9.17, 15) is 5.11 Å². The maximum absolute atomic E-state index is 10.4. The Labute approximate surface area is 115 Å². The highest BCUT2D eigenvalue weighted by Crippen LogP contribution is 2.30. The van der Waals surface area contributed by atoms with Crippen LogP contribution in [-0.4, -0.2) is 41.3 Å². The average molecular weight is 264 g/mol. The maximum Gasteiger partial charge on any atom is 0.122 e. The number of methoxy groups -OCH3 is 1. The number of aryl methyl sites for hydroxylation is 1. The minimum absolute atomic E-state index is 0.497. The molecule has 4 nitrogen and oxygen atoms in total. The molecule has 0 amide bonds. The number of hydrogen-bond acceptors (Lipinski definition) is 4. The molecule has 0 aliphatic heterocycles. The average Bonchev–Trinajstić information content (AvgIpc) is 2.74. The van der Waals surface area contributed by atoms with Crippen molar-refractivity contribution < 1.29 is 9.84 Å². The van der Waals surface area contributed by atoms with E-state index in [2.05, 4.69) is 9.88 Å². The van der Waals surface area contributed by atoms with Crippen LogP contribution >= 0.6 is 0 Å². The van der Waals surface area contributed by atoms with Crippen molar-refractivity contribution in [1.29, 1.82) is 0 Å². The molecule has 1 aromatic rings. The largest absolute Gasteiger partial charge is 0.497 e. The zero-order valence-electron chi connectivity index (χ0n) is 12.1. The zero-order valence-corrected chi connectivity index (χ0v) is 12.1. The SMILES string of the molecule is COc1cc(C)nc(CN(C)CC2(O)CCCC2)c1. The van der Waals surface area contributed by atoms with Crippen LogP contribution in [0.25, 0.3) is 0 Å². The second-order valence-electron chi connectivity index (χ2n) is 5.74. The number of hydrogen-bond donors (Lipinski definition) is 1. The lowest BCUT2D eigenvalue weighted by Crippen LogP contribution is -2.38. The third kappa shape index (κ3) is 3.91. The molecule has 0 spiro atoms. The summed E-state index contributed by atoms with van der Waals surface area (Å²) >= 11 is 0. The molecule has 1 heterocycles. The summed E-state index contributed by atoms with van der Waals surface area (Å²) in [5.41, 5.74) is 1.45. The van der Waals surface area contributed by atoms with Crippen molar-refractivity contribution in [1.82, 2.24) is 9.88 Å². The standard InChI is InChI=1S/C15H24N2O2/c1-12-8-14(19-3)9-13(16-12)10-17(2)11-15(18)6-4-5-7-15/h8-9,18H,4-7,10-11H2,1-3H3. The molecule has 1 aliphatic rings. The van der Waals surface area contributed by atoms with Crippen LogP contribution in [0.1, 0.15) is 37.1 Å². The summed E-state index contributed by atoms with van der Waals surface area (Å²) in [6.07, 6.45) is 4.12. The summed E-state index contributed by atoms with van der Waals surface area (Å²) in [5, 5.41) is 10.4. The van der Waals surface area contributed by atoms with Crippen molar-refractivity contribution in [2.24, 2.45) is 0 Å². The van der Waals surface area contributed by atoms with Crippen LogP contribution in [-0.2, 0) is 6.54 Å². The van der Waals surface area contributed by atoms with E-state index in [0.717, 1.165) is 49.4 Å². The van der Waals surface area contributed by atoms with E-state index in [-0.39, 0.29) is 0 Å². The number of aliphatic hydroxyl groups is 1. The quantitative estimate of drug-likeness (QED) is 0.885. The molecule has 0 unspecified atom stereocenters. The van der Waals surface area contributed by atoms with Crippen molar-refractivity contribution in [3.63, 3.8) is 0 Å². The second kappa shape index (κ2) is 5.88. The number of pyridine rings is 1. The first kappa shape index (κ1) is 14.3. The predicted molar refractivity (Wildman–Crippen MR) is 75.3 cm³/mol. The van der Waals surface area contributed by atoms with E-state index in [0.29, 0.717) is 6.54 Å². The van der Waals surface area contributed by atoms with Gasteiger partial charge in [0.1, 0.15) is 5.75 Å². The summed E-state index contributed by atoms with van der Waals surface area (Å²) in [7, 11) is 3.70. The van der Waals surface area contributed by atoms with Crippen molar-refractivity contribution in [2.45, 2.75) is 44.8 Å². The molecule has 19 heavy (non-hydrogen) atoms. The molecule has 2 rings (SSSR count). The molecule has 4 heteroatoms. The van der Waals surface area contributed by atoms with Gasteiger partial charge in [0.15, 0.2) is 0 Å². The smallest absolute Gasteiger partial charge is 0.122 e. The molecule has 1 aliphatic carbocycles. The van der Waals surface area contributed by atoms with E-state index >= 15 is 0 Å².